The Morgan fingerprint density at radius 2 is 1.93 bits per heavy atom. The number of ketones is 1. The van der Waals surface area contributed by atoms with Crippen LogP contribution in [0.2, 0.25) is 0 Å². The van der Waals surface area contributed by atoms with Crippen LogP contribution in [0.5, 0.6) is 0 Å². The second-order valence-corrected chi connectivity index (χ2v) is 4.73. The SMILES string of the molecule is CC(=O)C(C)N(C)CC1CCCCC1. The smallest absolute Gasteiger partial charge is 0.146 e. The fourth-order valence-electron chi connectivity index (χ4n) is 2.25. The normalized spacial score (nSPS) is 21.1. The molecule has 2 nitrogen and oxygen atoms in total. The van der Waals surface area contributed by atoms with Crippen LogP contribution in [0.3, 0.4) is 0 Å². The second kappa shape index (κ2) is 5.50. The summed E-state index contributed by atoms with van der Waals surface area (Å²) in [5, 5.41) is 0. The van der Waals surface area contributed by atoms with Gasteiger partial charge < -0.3 is 0 Å². The first kappa shape index (κ1) is 11.7. The molecule has 0 aromatic heterocycles. The van der Waals surface area contributed by atoms with E-state index in [4.69, 9.17) is 0 Å². The summed E-state index contributed by atoms with van der Waals surface area (Å²) < 4.78 is 0. The van der Waals surface area contributed by atoms with E-state index in [0.717, 1.165) is 12.5 Å². The standard InChI is InChI=1S/C12H23NO/c1-10(11(2)14)13(3)9-12-7-5-4-6-8-12/h10,12H,4-9H2,1-3H3. The minimum Gasteiger partial charge on any atom is -0.298 e. The molecule has 2 heteroatoms. The average molecular weight is 197 g/mol. The van der Waals surface area contributed by atoms with Crippen LogP contribution in [0.4, 0.5) is 0 Å². The molecule has 0 aromatic rings. The lowest BCUT2D eigenvalue weighted by atomic mass is 9.89. The lowest BCUT2D eigenvalue weighted by molar-refractivity contribution is -0.121. The van der Waals surface area contributed by atoms with Crippen molar-refractivity contribution in [2.45, 2.75) is 52.0 Å². The fourth-order valence-corrected chi connectivity index (χ4v) is 2.25. The van der Waals surface area contributed by atoms with E-state index < -0.39 is 0 Å². The molecule has 0 amide bonds. The van der Waals surface area contributed by atoms with Crippen LogP contribution in [0, 0.1) is 5.92 Å². The van der Waals surface area contributed by atoms with Crippen molar-refractivity contribution in [3.8, 4) is 0 Å². The lowest BCUT2D eigenvalue weighted by Crippen LogP contribution is -2.38. The summed E-state index contributed by atoms with van der Waals surface area (Å²) in [7, 11) is 2.07. The molecule has 0 N–H and O–H groups in total. The van der Waals surface area contributed by atoms with Crippen LogP contribution in [0.15, 0.2) is 0 Å². The second-order valence-electron chi connectivity index (χ2n) is 4.73. The van der Waals surface area contributed by atoms with Gasteiger partial charge in [0, 0.05) is 6.54 Å². The first-order valence-electron chi connectivity index (χ1n) is 5.82. The third-order valence-electron chi connectivity index (χ3n) is 3.52. The molecule has 1 unspecified atom stereocenters. The van der Waals surface area contributed by atoms with E-state index in [2.05, 4.69) is 11.9 Å². The molecular weight excluding hydrogens is 174 g/mol. The number of hydrogen-bond acceptors (Lipinski definition) is 2. The lowest BCUT2D eigenvalue weighted by Gasteiger charge is -2.29. The number of nitrogens with zero attached hydrogens (tertiary/aromatic N) is 1. The zero-order chi connectivity index (χ0) is 10.6. The summed E-state index contributed by atoms with van der Waals surface area (Å²) in [5.74, 6) is 1.11. The van der Waals surface area contributed by atoms with Gasteiger partial charge >= 0.3 is 0 Å². The maximum atomic E-state index is 11.2. The first-order valence-corrected chi connectivity index (χ1v) is 5.82. The van der Waals surface area contributed by atoms with E-state index in [-0.39, 0.29) is 11.8 Å². The highest BCUT2D eigenvalue weighted by Crippen LogP contribution is 2.24. The summed E-state index contributed by atoms with van der Waals surface area (Å²) in [6.07, 6.45) is 6.88. The van der Waals surface area contributed by atoms with Gasteiger partial charge in [0.1, 0.15) is 5.78 Å². The molecule has 1 aliphatic rings. The van der Waals surface area contributed by atoms with Crippen molar-refractivity contribution >= 4 is 5.78 Å². The minimum atomic E-state index is 0.0944. The highest BCUT2D eigenvalue weighted by Gasteiger charge is 2.19. The number of carbonyl (C=O) groups excluding carboxylic acids is 1. The van der Waals surface area contributed by atoms with Gasteiger partial charge in [-0.3, -0.25) is 9.69 Å². The van der Waals surface area contributed by atoms with Gasteiger partial charge in [0.05, 0.1) is 6.04 Å². The maximum absolute atomic E-state index is 11.2. The summed E-state index contributed by atoms with van der Waals surface area (Å²) >= 11 is 0. The van der Waals surface area contributed by atoms with Gasteiger partial charge in [-0.15, -0.1) is 0 Å². The predicted molar refractivity (Wildman–Crippen MR) is 59.3 cm³/mol. The topological polar surface area (TPSA) is 20.3 Å². The maximum Gasteiger partial charge on any atom is 0.146 e. The van der Waals surface area contributed by atoms with Gasteiger partial charge in [0.15, 0.2) is 0 Å². The summed E-state index contributed by atoms with van der Waals surface area (Å²) in [5.41, 5.74) is 0. The molecule has 0 aliphatic heterocycles. The molecule has 1 fully saturated rings. The molecule has 14 heavy (non-hydrogen) atoms. The number of likely N-dealkylation sites (N-methyl/N-ethyl adjacent to an activating group) is 1. The minimum absolute atomic E-state index is 0.0944. The van der Waals surface area contributed by atoms with Crippen molar-refractivity contribution in [3.63, 3.8) is 0 Å². The molecule has 0 radical (unpaired) electrons. The fraction of sp³-hybridized carbons (Fsp3) is 0.917. The molecule has 0 bridgehead atoms. The third-order valence-corrected chi connectivity index (χ3v) is 3.52. The van der Waals surface area contributed by atoms with Crippen molar-refractivity contribution in [2.75, 3.05) is 13.6 Å². The number of Topliss-reactive ketones (excluding diaryl/α,β-unsaturated/α-hetero) is 1. The van der Waals surface area contributed by atoms with E-state index in [9.17, 15) is 4.79 Å². The van der Waals surface area contributed by atoms with Crippen molar-refractivity contribution < 1.29 is 4.79 Å². The zero-order valence-electron chi connectivity index (χ0n) is 9.75. The van der Waals surface area contributed by atoms with Crippen LogP contribution < -0.4 is 0 Å². The van der Waals surface area contributed by atoms with Crippen molar-refractivity contribution in [3.05, 3.63) is 0 Å². The van der Waals surface area contributed by atoms with Gasteiger partial charge in [-0.1, -0.05) is 19.3 Å². The number of carbonyl (C=O) groups is 1. The molecule has 1 saturated carbocycles. The molecule has 0 spiro atoms. The molecule has 0 heterocycles. The predicted octanol–water partition coefficient (Wildman–Crippen LogP) is 2.48. The molecule has 0 saturated heterocycles. The monoisotopic (exact) mass is 197 g/mol. The molecule has 1 atom stereocenters. The average Bonchev–Trinajstić information content (AvgIpc) is 2.18. The molecule has 1 aliphatic carbocycles. The van der Waals surface area contributed by atoms with Crippen LogP contribution >= 0.6 is 0 Å². The highest BCUT2D eigenvalue weighted by molar-refractivity contribution is 5.80. The summed E-state index contributed by atoms with van der Waals surface area (Å²) in [6.45, 7) is 4.79. The van der Waals surface area contributed by atoms with E-state index in [0.29, 0.717) is 0 Å². The third kappa shape index (κ3) is 3.41. The van der Waals surface area contributed by atoms with Gasteiger partial charge in [-0.2, -0.15) is 0 Å². The van der Waals surface area contributed by atoms with E-state index >= 15 is 0 Å². The quantitative estimate of drug-likeness (QED) is 0.690. The zero-order valence-corrected chi connectivity index (χ0v) is 9.75. The van der Waals surface area contributed by atoms with Crippen molar-refractivity contribution in [2.24, 2.45) is 5.92 Å². The Balaban J connectivity index is 2.31. The van der Waals surface area contributed by atoms with Gasteiger partial charge in [-0.05, 0) is 39.7 Å². The Bertz CT molecular complexity index is 185. The number of rotatable bonds is 4. The van der Waals surface area contributed by atoms with E-state index in [1.54, 1.807) is 6.92 Å². The van der Waals surface area contributed by atoms with Crippen molar-refractivity contribution in [1.29, 1.82) is 0 Å². The highest BCUT2D eigenvalue weighted by atomic mass is 16.1. The molecule has 82 valence electrons. The Hall–Kier alpha value is -0.370. The van der Waals surface area contributed by atoms with Crippen LogP contribution in [-0.2, 0) is 4.79 Å². The molecular formula is C12H23NO. The summed E-state index contributed by atoms with van der Waals surface area (Å²) in [6, 6.07) is 0.0944. The van der Waals surface area contributed by atoms with Gasteiger partial charge in [0.25, 0.3) is 0 Å². The van der Waals surface area contributed by atoms with Gasteiger partial charge in [-0.25, -0.2) is 0 Å². The van der Waals surface area contributed by atoms with Crippen LogP contribution in [-0.4, -0.2) is 30.3 Å². The van der Waals surface area contributed by atoms with E-state index in [1.807, 2.05) is 6.92 Å². The largest absolute Gasteiger partial charge is 0.298 e. The molecule has 0 aromatic carbocycles. The van der Waals surface area contributed by atoms with Crippen molar-refractivity contribution in [1.82, 2.24) is 4.90 Å². The Morgan fingerprint density at radius 3 is 2.43 bits per heavy atom. The number of hydrogen-bond donors (Lipinski definition) is 0. The van der Waals surface area contributed by atoms with E-state index in [1.165, 1.54) is 32.1 Å². The Labute approximate surface area is 87.7 Å². The molecule has 1 rings (SSSR count). The van der Waals surface area contributed by atoms with Gasteiger partial charge in [0.2, 0.25) is 0 Å². The Morgan fingerprint density at radius 1 is 1.36 bits per heavy atom. The summed E-state index contributed by atoms with van der Waals surface area (Å²) in [4.78, 5) is 13.4. The Kier molecular flexibility index (Phi) is 4.59. The van der Waals surface area contributed by atoms with Crippen LogP contribution in [0.25, 0.3) is 0 Å². The van der Waals surface area contributed by atoms with Crippen LogP contribution in [0.1, 0.15) is 46.0 Å². The first-order chi connectivity index (χ1) is 6.61.